The maximum absolute atomic E-state index is 13.1. The van der Waals surface area contributed by atoms with E-state index in [1.807, 2.05) is 43.3 Å². The van der Waals surface area contributed by atoms with E-state index in [2.05, 4.69) is 5.32 Å². The maximum Gasteiger partial charge on any atom is 0.328 e. The Balaban J connectivity index is 1.98. The monoisotopic (exact) mass is 419 g/mol. The lowest BCUT2D eigenvalue weighted by Crippen LogP contribution is -2.43. The van der Waals surface area contributed by atoms with Gasteiger partial charge in [-0.3, -0.25) is 4.79 Å². The number of carbonyl (C=O) groups is 2. The van der Waals surface area contributed by atoms with E-state index >= 15 is 0 Å². The molecule has 1 amide bonds. The van der Waals surface area contributed by atoms with E-state index in [-0.39, 0.29) is 29.0 Å². The summed E-state index contributed by atoms with van der Waals surface area (Å²) in [4.78, 5) is 25.4. The van der Waals surface area contributed by atoms with Crippen molar-refractivity contribution in [3.05, 3.63) is 82.9 Å². The smallest absolute Gasteiger partial charge is 0.328 e. The summed E-state index contributed by atoms with van der Waals surface area (Å²) in [5.41, 5.74) is 2.92. The third-order valence-electron chi connectivity index (χ3n) is 5.08. The lowest BCUT2D eigenvalue weighted by Gasteiger charge is -2.19. The summed E-state index contributed by atoms with van der Waals surface area (Å²) in [6, 6.07) is 17.0. The number of ether oxygens (including phenoxy) is 1. The second-order valence-electron chi connectivity index (χ2n) is 7.42. The Morgan fingerprint density at radius 1 is 1.00 bits per heavy atom. The highest BCUT2D eigenvalue weighted by molar-refractivity contribution is 6.03. The highest BCUT2D eigenvalue weighted by Crippen LogP contribution is 2.41. The Bertz CT molecular complexity index is 1110. The molecule has 31 heavy (non-hydrogen) atoms. The van der Waals surface area contributed by atoms with E-state index in [9.17, 15) is 19.8 Å². The number of nitrogens with one attached hydrogen (secondary N) is 1. The second kappa shape index (κ2) is 9.34. The van der Waals surface area contributed by atoms with Crippen molar-refractivity contribution in [3.8, 4) is 22.6 Å². The number of hydrogen-bond donors (Lipinski definition) is 3. The molecule has 3 N–H and O–H groups in total. The van der Waals surface area contributed by atoms with Crippen molar-refractivity contribution in [2.75, 3.05) is 7.11 Å². The minimum Gasteiger partial charge on any atom is -0.507 e. The fourth-order valence-corrected chi connectivity index (χ4v) is 3.57. The standard InChI is InChI=1S/C25H25NO5/c1-15-8-7-11-18(12-15)22-20(27)13-16(2)21(23(22)28)24(29)26-19(25(30)31-3)14-17-9-5-4-6-10-17/h4-13,19,27-28H,14H2,1-3H3,(H,26,29). The molecule has 6 nitrogen and oxygen atoms in total. The molecule has 6 heteroatoms. The number of esters is 1. The van der Waals surface area contributed by atoms with E-state index in [4.69, 9.17) is 4.74 Å². The highest BCUT2D eigenvalue weighted by atomic mass is 16.5. The first kappa shape index (κ1) is 21.9. The topological polar surface area (TPSA) is 95.9 Å². The highest BCUT2D eigenvalue weighted by Gasteiger charge is 2.27. The Morgan fingerprint density at radius 2 is 1.71 bits per heavy atom. The van der Waals surface area contributed by atoms with Crippen LogP contribution in [0.15, 0.2) is 60.7 Å². The molecule has 0 saturated heterocycles. The fourth-order valence-electron chi connectivity index (χ4n) is 3.57. The Morgan fingerprint density at radius 3 is 2.35 bits per heavy atom. The third kappa shape index (κ3) is 4.86. The summed E-state index contributed by atoms with van der Waals surface area (Å²) < 4.78 is 4.85. The van der Waals surface area contributed by atoms with Gasteiger partial charge in [0.25, 0.3) is 5.91 Å². The van der Waals surface area contributed by atoms with Crippen LogP contribution in [0.4, 0.5) is 0 Å². The number of carbonyl (C=O) groups excluding carboxylic acids is 2. The minimum atomic E-state index is -0.935. The van der Waals surface area contributed by atoms with Gasteiger partial charge in [0.2, 0.25) is 0 Å². The van der Waals surface area contributed by atoms with E-state index in [0.717, 1.165) is 11.1 Å². The zero-order valence-corrected chi connectivity index (χ0v) is 17.7. The van der Waals surface area contributed by atoms with Gasteiger partial charge in [0.1, 0.15) is 17.5 Å². The SMILES string of the molecule is COC(=O)C(Cc1ccccc1)NC(=O)c1c(C)cc(O)c(-c2cccc(C)c2)c1O. The summed E-state index contributed by atoms with van der Waals surface area (Å²) in [5.74, 6) is -1.70. The van der Waals surface area contributed by atoms with Gasteiger partial charge in [-0.15, -0.1) is 0 Å². The van der Waals surface area contributed by atoms with Gasteiger partial charge in [0.05, 0.1) is 18.2 Å². The van der Waals surface area contributed by atoms with Crippen molar-refractivity contribution >= 4 is 11.9 Å². The summed E-state index contributed by atoms with van der Waals surface area (Å²) >= 11 is 0. The van der Waals surface area contributed by atoms with Crippen LogP contribution in [0.25, 0.3) is 11.1 Å². The lowest BCUT2D eigenvalue weighted by molar-refractivity contribution is -0.142. The zero-order valence-electron chi connectivity index (χ0n) is 17.7. The van der Waals surface area contributed by atoms with Gasteiger partial charge in [-0.25, -0.2) is 4.79 Å². The van der Waals surface area contributed by atoms with Crippen LogP contribution in [0, 0.1) is 13.8 Å². The number of phenols is 2. The van der Waals surface area contributed by atoms with E-state index in [0.29, 0.717) is 11.1 Å². The summed E-state index contributed by atoms with van der Waals surface area (Å²) in [5, 5.41) is 24.1. The number of aromatic hydroxyl groups is 2. The van der Waals surface area contributed by atoms with Crippen molar-refractivity contribution in [2.45, 2.75) is 26.3 Å². The lowest BCUT2D eigenvalue weighted by atomic mass is 9.95. The molecule has 0 spiro atoms. The number of rotatable bonds is 6. The number of hydrogen-bond acceptors (Lipinski definition) is 5. The largest absolute Gasteiger partial charge is 0.507 e. The molecule has 0 saturated carbocycles. The minimum absolute atomic E-state index is 0.00345. The third-order valence-corrected chi connectivity index (χ3v) is 5.08. The maximum atomic E-state index is 13.1. The molecule has 3 aromatic carbocycles. The van der Waals surface area contributed by atoms with Crippen LogP contribution in [0.1, 0.15) is 27.0 Å². The van der Waals surface area contributed by atoms with Gasteiger partial charge < -0.3 is 20.3 Å². The number of benzene rings is 3. The predicted molar refractivity (Wildman–Crippen MR) is 118 cm³/mol. The Labute approximate surface area is 181 Å². The molecule has 0 aliphatic heterocycles. The van der Waals surface area contributed by atoms with Crippen LogP contribution in [0.3, 0.4) is 0 Å². The quantitative estimate of drug-likeness (QED) is 0.527. The van der Waals surface area contributed by atoms with E-state index in [1.54, 1.807) is 25.1 Å². The summed E-state index contributed by atoms with van der Waals surface area (Å²) in [6.07, 6.45) is 0.238. The molecular formula is C25H25NO5. The average molecular weight is 419 g/mol. The first-order chi connectivity index (χ1) is 14.8. The molecule has 0 heterocycles. The normalized spacial score (nSPS) is 11.6. The van der Waals surface area contributed by atoms with Crippen LogP contribution in [-0.4, -0.2) is 35.2 Å². The molecule has 160 valence electrons. The number of aryl methyl sites for hydroxylation is 2. The zero-order chi connectivity index (χ0) is 22.5. The Kier molecular flexibility index (Phi) is 6.60. The van der Waals surface area contributed by atoms with Crippen LogP contribution in [0.2, 0.25) is 0 Å². The second-order valence-corrected chi connectivity index (χ2v) is 7.42. The number of amides is 1. The van der Waals surface area contributed by atoms with Crippen LogP contribution in [-0.2, 0) is 16.0 Å². The van der Waals surface area contributed by atoms with Gasteiger partial charge in [0, 0.05) is 6.42 Å². The Hall–Kier alpha value is -3.80. The van der Waals surface area contributed by atoms with Gasteiger partial charge in [-0.1, -0.05) is 60.2 Å². The van der Waals surface area contributed by atoms with Crippen molar-refractivity contribution in [3.63, 3.8) is 0 Å². The van der Waals surface area contributed by atoms with Gasteiger partial charge in [0.15, 0.2) is 0 Å². The molecular weight excluding hydrogens is 394 g/mol. The van der Waals surface area contributed by atoms with Crippen molar-refractivity contribution in [2.24, 2.45) is 0 Å². The molecule has 0 aliphatic carbocycles. The molecule has 0 bridgehead atoms. The average Bonchev–Trinajstić information content (AvgIpc) is 2.73. The van der Waals surface area contributed by atoms with Gasteiger partial charge in [-0.2, -0.15) is 0 Å². The molecule has 0 radical (unpaired) electrons. The predicted octanol–water partition coefficient (Wildman–Crippen LogP) is 3.90. The van der Waals surface area contributed by atoms with E-state index in [1.165, 1.54) is 13.2 Å². The fraction of sp³-hybridized carbons (Fsp3) is 0.200. The molecule has 3 rings (SSSR count). The van der Waals surface area contributed by atoms with Gasteiger partial charge >= 0.3 is 5.97 Å². The number of methoxy groups -OCH3 is 1. The molecule has 3 aromatic rings. The molecule has 1 unspecified atom stereocenters. The first-order valence-corrected chi connectivity index (χ1v) is 9.87. The number of phenolic OH excluding ortho intramolecular Hbond substituents is 2. The van der Waals surface area contributed by atoms with Gasteiger partial charge in [-0.05, 0) is 36.6 Å². The summed E-state index contributed by atoms with van der Waals surface area (Å²) in [7, 11) is 1.26. The molecule has 0 aromatic heterocycles. The van der Waals surface area contributed by atoms with Crippen LogP contribution in [0.5, 0.6) is 11.5 Å². The molecule has 1 atom stereocenters. The van der Waals surface area contributed by atoms with Crippen molar-refractivity contribution in [1.29, 1.82) is 0 Å². The van der Waals surface area contributed by atoms with E-state index < -0.39 is 17.9 Å². The molecule has 0 aliphatic rings. The first-order valence-electron chi connectivity index (χ1n) is 9.87. The van der Waals surface area contributed by atoms with Crippen LogP contribution < -0.4 is 5.32 Å². The summed E-state index contributed by atoms with van der Waals surface area (Å²) in [6.45, 7) is 3.50. The van der Waals surface area contributed by atoms with Crippen LogP contribution >= 0.6 is 0 Å². The van der Waals surface area contributed by atoms with Crippen molar-refractivity contribution < 1.29 is 24.5 Å². The molecule has 0 fully saturated rings. The van der Waals surface area contributed by atoms with Crippen molar-refractivity contribution in [1.82, 2.24) is 5.32 Å².